The summed E-state index contributed by atoms with van der Waals surface area (Å²) in [6.07, 6.45) is 4.79. The molecule has 4 nitrogen and oxygen atoms in total. The molecule has 1 aliphatic carbocycles. The Balaban J connectivity index is 1.60. The van der Waals surface area contributed by atoms with Gasteiger partial charge in [-0.2, -0.15) is 0 Å². The molecule has 0 bridgehead atoms. The molecule has 0 aliphatic heterocycles. The summed E-state index contributed by atoms with van der Waals surface area (Å²) in [5, 5.41) is 1.17. The largest absolute Gasteiger partial charge is 0.361 e. The summed E-state index contributed by atoms with van der Waals surface area (Å²) >= 11 is 0. The number of nitrogens with one attached hydrogen (secondary N) is 2. The van der Waals surface area contributed by atoms with E-state index in [9.17, 15) is 8.42 Å². The Labute approximate surface area is 113 Å². The number of sulfonamides is 1. The zero-order chi connectivity index (χ0) is 13.3. The molecule has 2 aromatic rings. The number of fused-ring (bicyclic) bond motifs is 1. The second-order valence-corrected chi connectivity index (χ2v) is 7.08. The van der Waals surface area contributed by atoms with Crippen LogP contribution in [0.4, 0.5) is 0 Å². The second-order valence-electron chi connectivity index (χ2n) is 5.23. The van der Waals surface area contributed by atoms with Gasteiger partial charge >= 0.3 is 0 Å². The van der Waals surface area contributed by atoms with Crippen LogP contribution in [0.3, 0.4) is 0 Å². The third kappa shape index (κ3) is 3.16. The van der Waals surface area contributed by atoms with Crippen molar-refractivity contribution in [3.8, 4) is 0 Å². The molecule has 102 valence electrons. The van der Waals surface area contributed by atoms with Crippen LogP contribution in [0.1, 0.15) is 18.4 Å². The van der Waals surface area contributed by atoms with E-state index >= 15 is 0 Å². The lowest BCUT2D eigenvalue weighted by Gasteiger charge is -2.05. The molecule has 1 fully saturated rings. The van der Waals surface area contributed by atoms with E-state index in [4.69, 9.17) is 0 Å². The van der Waals surface area contributed by atoms with Crippen molar-refractivity contribution in [3.63, 3.8) is 0 Å². The molecule has 0 atom stereocenters. The van der Waals surface area contributed by atoms with Crippen molar-refractivity contribution < 1.29 is 8.42 Å². The van der Waals surface area contributed by atoms with Gasteiger partial charge in [-0.05, 0) is 36.8 Å². The number of H-pyrrole nitrogens is 1. The van der Waals surface area contributed by atoms with Gasteiger partial charge in [0, 0.05) is 23.6 Å². The summed E-state index contributed by atoms with van der Waals surface area (Å²) < 4.78 is 26.2. The molecular weight excluding hydrogens is 260 g/mol. The van der Waals surface area contributed by atoms with Crippen molar-refractivity contribution in [2.45, 2.75) is 19.3 Å². The fraction of sp³-hybridized carbons (Fsp3) is 0.429. The molecule has 5 heteroatoms. The van der Waals surface area contributed by atoms with Gasteiger partial charge in [0.1, 0.15) is 0 Å². The fourth-order valence-electron chi connectivity index (χ4n) is 2.33. The number of rotatable bonds is 6. The van der Waals surface area contributed by atoms with Crippen LogP contribution < -0.4 is 4.72 Å². The predicted molar refractivity (Wildman–Crippen MR) is 76.5 cm³/mol. The highest BCUT2D eigenvalue weighted by Gasteiger charge is 2.27. The van der Waals surface area contributed by atoms with E-state index in [-0.39, 0.29) is 0 Å². The average Bonchev–Trinajstić information content (AvgIpc) is 3.07. The van der Waals surface area contributed by atoms with Gasteiger partial charge in [-0.1, -0.05) is 18.2 Å². The summed E-state index contributed by atoms with van der Waals surface area (Å²) in [5.41, 5.74) is 2.25. The molecule has 1 aliphatic rings. The van der Waals surface area contributed by atoms with Gasteiger partial charge in [-0.15, -0.1) is 0 Å². The van der Waals surface area contributed by atoms with Crippen molar-refractivity contribution in [2.24, 2.45) is 5.92 Å². The van der Waals surface area contributed by atoms with Crippen molar-refractivity contribution in [1.82, 2.24) is 9.71 Å². The minimum absolute atomic E-state index is 0.293. The Hall–Kier alpha value is -1.33. The minimum Gasteiger partial charge on any atom is -0.361 e. The number of benzene rings is 1. The summed E-state index contributed by atoms with van der Waals surface area (Å²) in [5.74, 6) is 0.687. The van der Waals surface area contributed by atoms with Crippen molar-refractivity contribution in [2.75, 3.05) is 12.3 Å². The lowest BCUT2D eigenvalue weighted by molar-refractivity contribution is 0.578. The zero-order valence-electron chi connectivity index (χ0n) is 10.7. The fourth-order valence-corrected chi connectivity index (χ4v) is 3.82. The van der Waals surface area contributed by atoms with E-state index in [1.165, 1.54) is 5.39 Å². The molecular formula is C14H18N2O2S. The first-order valence-electron chi connectivity index (χ1n) is 6.66. The molecule has 0 radical (unpaired) electrons. The molecule has 1 heterocycles. The van der Waals surface area contributed by atoms with Crippen LogP contribution in [-0.4, -0.2) is 25.7 Å². The Morgan fingerprint density at radius 2 is 2.05 bits per heavy atom. The van der Waals surface area contributed by atoms with Gasteiger partial charge in [0.05, 0.1) is 5.75 Å². The van der Waals surface area contributed by atoms with Crippen LogP contribution in [-0.2, 0) is 16.4 Å². The standard InChI is InChI=1S/C14H18N2O2S/c17-19(18,10-11-5-6-11)16-8-7-12-9-15-14-4-2-1-3-13(12)14/h1-4,9,11,15-16H,5-8,10H2. The van der Waals surface area contributed by atoms with Crippen molar-refractivity contribution in [1.29, 1.82) is 0 Å². The van der Waals surface area contributed by atoms with E-state index in [2.05, 4.69) is 15.8 Å². The highest BCUT2D eigenvalue weighted by molar-refractivity contribution is 7.89. The summed E-state index contributed by atoms with van der Waals surface area (Å²) in [6, 6.07) is 8.06. The molecule has 0 amide bonds. The molecule has 19 heavy (non-hydrogen) atoms. The quantitative estimate of drug-likeness (QED) is 0.849. The minimum atomic E-state index is -3.09. The first kappa shape index (κ1) is 12.7. The van der Waals surface area contributed by atoms with E-state index in [0.29, 0.717) is 24.6 Å². The number of hydrogen-bond acceptors (Lipinski definition) is 2. The summed E-state index contributed by atoms with van der Waals surface area (Å²) in [7, 11) is -3.09. The highest BCUT2D eigenvalue weighted by Crippen LogP contribution is 2.29. The molecule has 0 unspecified atom stereocenters. The summed E-state index contributed by atoms with van der Waals surface area (Å²) in [4.78, 5) is 3.20. The van der Waals surface area contributed by atoms with E-state index in [1.54, 1.807) is 0 Å². The highest BCUT2D eigenvalue weighted by atomic mass is 32.2. The Bertz CT molecular complexity index is 672. The summed E-state index contributed by atoms with van der Waals surface area (Å²) in [6.45, 7) is 0.469. The topological polar surface area (TPSA) is 62.0 Å². The molecule has 0 saturated heterocycles. The van der Waals surface area contributed by atoms with Crippen LogP contribution in [0.15, 0.2) is 30.5 Å². The number of para-hydroxylation sites is 1. The van der Waals surface area contributed by atoms with Crippen LogP contribution in [0, 0.1) is 5.92 Å². The Morgan fingerprint density at radius 3 is 2.84 bits per heavy atom. The number of hydrogen-bond donors (Lipinski definition) is 2. The Kier molecular flexibility index (Phi) is 3.33. The van der Waals surface area contributed by atoms with E-state index in [0.717, 1.165) is 23.9 Å². The van der Waals surface area contributed by atoms with Gasteiger partial charge in [0.2, 0.25) is 10.0 Å². The lowest BCUT2D eigenvalue weighted by atomic mass is 10.1. The average molecular weight is 278 g/mol. The molecule has 0 spiro atoms. The van der Waals surface area contributed by atoms with E-state index in [1.807, 2.05) is 24.4 Å². The van der Waals surface area contributed by atoms with Crippen LogP contribution in [0.25, 0.3) is 10.9 Å². The molecule has 2 N–H and O–H groups in total. The third-order valence-electron chi connectivity index (χ3n) is 3.54. The van der Waals surface area contributed by atoms with Crippen LogP contribution in [0.2, 0.25) is 0 Å². The van der Waals surface area contributed by atoms with E-state index < -0.39 is 10.0 Å². The van der Waals surface area contributed by atoms with Gasteiger partial charge in [0.25, 0.3) is 0 Å². The zero-order valence-corrected chi connectivity index (χ0v) is 11.5. The van der Waals surface area contributed by atoms with Gasteiger partial charge in [-0.3, -0.25) is 0 Å². The number of aromatic amines is 1. The van der Waals surface area contributed by atoms with Crippen LogP contribution in [0.5, 0.6) is 0 Å². The molecule has 3 rings (SSSR count). The predicted octanol–water partition coefficient (Wildman–Crippen LogP) is 2.04. The first-order valence-corrected chi connectivity index (χ1v) is 8.31. The third-order valence-corrected chi connectivity index (χ3v) is 5.10. The second kappa shape index (κ2) is 4.98. The Morgan fingerprint density at radius 1 is 1.26 bits per heavy atom. The number of aromatic nitrogens is 1. The lowest BCUT2D eigenvalue weighted by Crippen LogP contribution is -2.29. The molecule has 1 aromatic carbocycles. The maximum absolute atomic E-state index is 11.8. The SMILES string of the molecule is O=S(=O)(CC1CC1)NCCc1c[nH]c2ccccc12. The molecule has 1 saturated carbocycles. The monoisotopic (exact) mass is 278 g/mol. The first-order chi connectivity index (χ1) is 9.14. The van der Waals surface area contributed by atoms with Crippen LogP contribution >= 0.6 is 0 Å². The maximum atomic E-state index is 11.8. The smallest absolute Gasteiger partial charge is 0.211 e. The van der Waals surface area contributed by atoms with Crippen molar-refractivity contribution >= 4 is 20.9 Å². The van der Waals surface area contributed by atoms with Gasteiger partial charge < -0.3 is 4.98 Å². The van der Waals surface area contributed by atoms with Gasteiger partial charge in [-0.25, -0.2) is 13.1 Å². The van der Waals surface area contributed by atoms with Gasteiger partial charge in [0.15, 0.2) is 0 Å². The normalized spacial score (nSPS) is 16.0. The molecule has 1 aromatic heterocycles. The van der Waals surface area contributed by atoms with Crippen molar-refractivity contribution in [3.05, 3.63) is 36.0 Å². The maximum Gasteiger partial charge on any atom is 0.211 e.